The third kappa shape index (κ3) is 7.32. The Morgan fingerprint density at radius 1 is 1.33 bits per heavy atom. The van der Waals surface area contributed by atoms with Crippen LogP contribution in [0.25, 0.3) is 0 Å². The third-order valence-corrected chi connectivity index (χ3v) is 3.13. The number of hydrogen-bond acceptors (Lipinski definition) is 3. The zero-order chi connectivity index (χ0) is 15.1. The van der Waals surface area contributed by atoms with Crippen LogP contribution >= 0.6 is 24.0 Å². The van der Waals surface area contributed by atoms with Crippen molar-refractivity contribution in [1.82, 2.24) is 5.32 Å². The lowest BCUT2D eigenvalue weighted by atomic mass is 10.2. The van der Waals surface area contributed by atoms with Crippen LogP contribution < -0.4 is 16.4 Å². The van der Waals surface area contributed by atoms with Crippen molar-refractivity contribution >= 4 is 41.5 Å². The summed E-state index contributed by atoms with van der Waals surface area (Å²) in [5.74, 6) is -0.316. The monoisotopic (exact) mass is 333 g/mol. The molecule has 1 aromatic rings. The average Bonchev–Trinajstić information content (AvgIpc) is 2.34. The largest absolute Gasteiger partial charge is 0.356 e. The Labute approximate surface area is 136 Å². The van der Waals surface area contributed by atoms with Gasteiger partial charge in [-0.3, -0.25) is 9.59 Å². The second kappa shape index (κ2) is 9.60. The van der Waals surface area contributed by atoms with Gasteiger partial charge in [0.1, 0.15) is 0 Å². The van der Waals surface area contributed by atoms with E-state index < -0.39 is 0 Å². The van der Waals surface area contributed by atoms with Gasteiger partial charge in [0, 0.05) is 36.1 Å². The summed E-state index contributed by atoms with van der Waals surface area (Å²) in [6.45, 7) is 3.88. The second-order valence-electron chi connectivity index (χ2n) is 4.74. The molecule has 0 aliphatic heterocycles. The minimum atomic E-state index is -0.182. The molecule has 0 spiro atoms. The van der Waals surface area contributed by atoms with Gasteiger partial charge in [-0.2, -0.15) is 0 Å². The van der Waals surface area contributed by atoms with E-state index in [1.165, 1.54) is 0 Å². The molecule has 0 radical (unpaired) electrons. The number of amides is 2. The second-order valence-corrected chi connectivity index (χ2v) is 5.15. The summed E-state index contributed by atoms with van der Waals surface area (Å²) >= 11 is 5.97. The normalized spacial score (nSPS) is 11.2. The van der Waals surface area contributed by atoms with Gasteiger partial charge in [0.25, 0.3) is 0 Å². The van der Waals surface area contributed by atoms with Crippen molar-refractivity contribution in [2.45, 2.75) is 32.7 Å². The zero-order valence-corrected chi connectivity index (χ0v) is 13.7. The SMILES string of the molecule is Cc1c(Cl)cccc1NC(=O)CCNC(=O)CC(C)N.Cl. The Hall–Kier alpha value is -1.30. The molecule has 1 unspecified atom stereocenters. The molecule has 21 heavy (non-hydrogen) atoms. The molecule has 0 heterocycles. The van der Waals surface area contributed by atoms with E-state index in [4.69, 9.17) is 17.3 Å². The topological polar surface area (TPSA) is 84.2 Å². The molecule has 0 fully saturated rings. The first kappa shape index (κ1) is 19.7. The van der Waals surface area contributed by atoms with E-state index in [0.717, 1.165) is 5.56 Å². The van der Waals surface area contributed by atoms with Crippen LogP contribution in [0.15, 0.2) is 18.2 Å². The summed E-state index contributed by atoms with van der Waals surface area (Å²) in [6.07, 6.45) is 0.464. The summed E-state index contributed by atoms with van der Waals surface area (Å²) in [4.78, 5) is 23.1. The van der Waals surface area contributed by atoms with Crippen LogP contribution in [0.4, 0.5) is 5.69 Å². The average molecular weight is 334 g/mol. The standard InChI is InChI=1S/C14H20ClN3O2.ClH/c1-9(16)8-14(20)17-7-6-13(19)18-12-5-3-4-11(15)10(12)2;/h3-5,9H,6-8,16H2,1-2H3,(H,17,20)(H,18,19);1H. The minimum absolute atomic E-state index is 0. The van der Waals surface area contributed by atoms with E-state index in [1.54, 1.807) is 25.1 Å². The maximum atomic E-state index is 11.7. The van der Waals surface area contributed by atoms with Gasteiger partial charge in [0.15, 0.2) is 0 Å². The fraction of sp³-hybridized carbons (Fsp3) is 0.429. The molecule has 5 nitrogen and oxygen atoms in total. The Balaban J connectivity index is 0.00000400. The summed E-state index contributed by atoms with van der Waals surface area (Å²) in [6, 6.07) is 5.14. The summed E-state index contributed by atoms with van der Waals surface area (Å²) < 4.78 is 0. The third-order valence-electron chi connectivity index (χ3n) is 2.72. The fourth-order valence-electron chi connectivity index (χ4n) is 1.64. The Kier molecular flexibility index (Phi) is 9.01. The van der Waals surface area contributed by atoms with Crippen LogP contribution in [-0.4, -0.2) is 24.4 Å². The van der Waals surface area contributed by atoms with E-state index >= 15 is 0 Å². The van der Waals surface area contributed by atoms with Gasteiger partial charge in [-0.1, -0.05) is 17.7 Å². The van der Waals surface area contributed by atoms with Crippen molar-refractivity contribution in [1.29, 1.82) is 0 Å². The van der Waals surface area contributed by atoms with E-state index in [1.807, 2.05) is 6.92 Å². The summed E-state index contributed by atoms with van der Waals surface area (Å²) in [5, 5.41) is 6.02. The number of anilines is 1. The van der Waals surface area contributed by atoms with Gasteiger partial charge in [0.05, 0.1) is 0 Å². The van der Waals surface area contributed by atoms with Crippen molar-refractivity contribution in [3.63, 3.8) is 0 Å². The number of nitrogens with one attached hydrogen (secondary N) is 2. The highest BCUT2D eigenvalue weighted by atomic mass is 35.5. The van der Waals surface area contributed by atoms with Crippen LogP contribution in [0.1, 0.15) is 25.3 Å². The van der Waals surface area contributed by atoms with Gasteiger partial charge in [0.2, 0.25) is 11.8 Å². The van der Waals surface area contributed by atoms with Gasteiger partial charge in [-0.25, -0.2) is 0 Å². The Morgan fingerprint density at radius 2 is 2.00 bits per heavy atom. The van der Waals surface area contributed by atoms with Gasteiger partial charge >= 0.3 is 0 Å². The zero-order valence-electron chi connectivity index (χ0n) is 12.1. The molecule has 1 atom stereocenters. The van der Waals surface area contributed by atoms with Crippen LogP contribution in [0.2, 0.25) is 5.02 Å². The van der Waals surface area contributed by atoms with Crippen molar-refractivity contribution < 1.29 is 9.59 Å². The van der Waals surface area contributed by atoms with Crippen molar-refractivity contribution in [2.75, 3.05) is 11.9 Å². The van der Waals surface area contributed by atoms with Gasteiger partial charge < -0.3 is 16.4 Å². The predicted octanol–water partition coefficient (Wildman–Crippen LogP) is 2.25. The molecular weight excluding hydrogens is 313 g/mol. The molecular formula is C14H21Cl2N3O2. The quantitative estimate of drug-likeness (QED) is 0.746. The molecule has 118 valence electrons. The molecule has 1 aromatic carbocycles. The first-order valence-electron chi connectivity index (χ1n) is 6.47. The summed E-state index contributed by atoms with van der Waals surface area (Å²) in [7, 11) is 0. The fourth-order valence-corrected chi connectivity index (χ4v) is 1.81. The molecule has 0 aromatic heterocycles. The van der Waals surface area contributed by atoms with Crippen molar-refractivity contribution in [3.05, 3.63) is 28.8 Å². The lowest BCUT2D eigenvalue weighted by Gasteiger charge is -2.10. The van der Waals surface area contributed by atoms with E-state index in [2.05, 4.69) is 10.6 Å². The molecule has 0 aliphatic rings. The van der Waals surface area contributed by atoms with Crippen LogP contribution in [-0.2, 0) is 9.59 Å². The highest BCUT2D eigenvalue weighted by Crippen LogP contribution is 2.22. The first-order chi connectivity index (χ1) is 9.40. The molecule has 1 rings (SSSR count). The van der Waals surface area contributed by atoms with Crippen molar-refractivity contribution in [2.24, 2.45) is 5.73 Å². The maximum Gasteiger partial charge on any atom is 0.226 e. The Morgan fingerprint density at radius 3 is 2.62 bits per heavy atom. The Bertz CT molecular complexity index is 493. The molecule has 7 heteroatoms. The van der Waals surface area contributed by atoms with E-state index in [9.17, 15) is 9.59 Å². The number of carbonyl (C=O) groups is 2. The number of halogens is 2. The smallest absolute Gasteiger partial charge is 0.226 e. The van der Waals surface area contributed by atoms with E-state index in [0.29, 0.717) is 10.7 Å². The molecule has 0 saturated carbocycles. The molecule has 2 amide bonds. The maximum absolute atomic E-state index is 11.7. The molecule has 0 saturated heterocycles. The number of hydrogen-bond donors (Lipinski definition) is 3. The van der Waals surface area contributed by atoms with Crippen LogP contribution in [0.5, 0.6) is 0 Å². The molecule has 4 N–H and O–H groups in total. The minimum Gasteiger partial charge on any atom is -0.356 e. The van der Waals surface area contributed by atoms with Gasteiger partial charge in [-0.05, 0) is 31.5 Å². The van der Waals surface area contributed by atoms with Crippen molar-refractivity contribution in [3.8, 4) is 0 Å². The molecule has 0 bridgehead atoms. The number of nitrogens with two attached hydrogens (primary N) is 1. The number of rotatable bonds is 6. The number of benzene rings is 1. The van der Waals surface area contributed by atoms with Crippen LogP contribution in [0.3, 0.4) is 0 Å². The first-order valence-corrected chi connectivity index (χ1v) is 6.85. The van der Waals surface area contributed by atoms with Gasteiger partial charge in [-0.15, -0.1) is 12.4 Å². The highest BCUT2D eigenvalue weighted by molar-refractivity contribution is 6.31. The lowest BCUT2D eigenvalue weighted by molar-refractivity contribution is -0.121. The van der Waals surface area contributed by atoms with E-state index in [-0.39, 0.29) is 49.6 Å². The number of carbonyl (C=O) groups excluding carboxylic acids is 2. The summed E-state index contributed by atoms with van der Waals surface area (Å²) in [5.41, 5.74) is 7.01. The lowest BCUT2D eigenvalue weighted by Crippen LogP contribution is -2.32. The predicted molar refractivity (Wildman–Crippen MR) is 88.0 cm³/mol. The highest BCUT2D eigenvalue weighted by Gasteiger charge is 2.08. The molecule has 0 aliphatic carbocycles. The van der Waals surface area contributed by atoms with Crippen LogP contribution in [0, 0.1) is 6.92 Å².